The Labute approximate surface area is 280 Å². The molecule has 2 bridgehead atoms. The summed E-state index contributed by atoms with van der Waals surface area (Å²) >= 11 is 0. The van der Waals surface area contributed by atoms with E-state index in [-0.39, 0.29) is 58.3 Å². The zero-order chi connectivity index (χ0) is 35.0. The van der Waals surface area contributed by atoms with Crippen LogP contribution in [-0.2, 0) is 66.7 Å². The SMILES string of the molecule is C#COP(=O)(OC#C)OCCCCOC(=O)C1C(C(=O)OCCCCOP(=O)(OCC)OCC)[C@@H]2C(=O)C=C[C@H]1N2Cc1ccccc1. The number of fused-ring (bicyclic) bond motifs is 2. The van der Waals surface area contributed by atoms with E-state index in [1.54, 1.807) is 32.1 Å². The predicted octanol–water partition coefficient (Wildman–Crippen LogP) is 4.79. The summed E-state index contributed by atoms with van der Waals surface area (Å²) in [6.07, 6.45) is 17.7. The second-order valence-electron chi connectivity index (χ2n) is 10.5. The van der Waals surface area contributed by atoms with Gasteiger partial charge in [0.25, 0.3) is 0 Å². The van der Waals surface area contributed by atoms with Crippen LogP contribution in [0.15, 0.2) is 42.5 Å². The molecule has 16 heteroatoms. The molecule has 3 rings (SSSR count). The average Bonchev–Trinajstić information content (AvgIpc) is 3.28. The molecule has 0 aliphatic carbocycles. The van der Waals surface area contributed by atoms with Crippen LogP contribution in [0.3, 0.4) is 0 Å². The summed E-state index contributed by atoms with van der Waals surface area (Å²) in [5.74, 6) is -3.85. The van der Waals surface area contributed by atoms with Crippen LogP contribution in [0.5, 0.6) is 0 Å². The smallest absolute Gasteiger partial charge is 0.465 e. The van der Waals surface area contributed by atoms with E-state index in [0.29, 0.717) is 19.4 Å². The Morgan fingerprint density at radius 3 is 1.83 bits per heavy atom. The summed E-state index contributed by atoms with van der Waals surface area (Å²) in [4.78, 5) is 42.2. The van der Waals surface area contributed by atoms with Crippen molar-refractivity contribution in [3.8, 4) is 25.1 Å². The second-order valence-corrected chi connectivity index (χ2v) is 13.7. The van der Waals surface area contributed by atoms with Crippen LogP contribution in [0.4, 0.5) is 0 Å². The van der Waals surface area contributed by atoms with E-state index in [1.807, 2.05) is 35.2 Å². The number of hydrogen-bond acceptors (Lipinski definition) is 14. The number of benzene rings is 1. The van der Waals surface area contributed by atoms with Gasteiger partial charge in [-0.3, -0.25) is 37.4 Å². The lowest BCUT2D eigenvalue weighted by Crippen LogP contribution is -2.45. The van der Waals surface area contributed by atoms with Crippen LogP contribution in [0.2, 0.25) is 0 Å². The highest BCUT2D eigenvalue weighted by Crippen LogP contribution is 2.50. The van der Waals surface area contributed by atoms with Crippen molar-refractivity contribution in [2.45, 2.75) is 58.2 Å². The molecule has 0 N–H and O–H groups in total. The van der Waals surface area contributed by atoms with Crippen molar-refractivity contribution in [2.24, 2.45) is 11.8 Å². The minimum absolute atomic E-state index is 0.0254. The van der Waals surface area contributed by atoms with Crippen LogP contribution in [-0.4, -0.2) is 74.3 Å². The van der Waals surface area contributed by atoms with Gasteiger partial charge < -0.3 is 18.5 Å². The number of carbonyl (C=O) groups is 3. The maximum absolute atomic E-state index is 13.6. The van der Waals surface area contributed by atoms with Gasteiger partial charge in [0, 0.05) is 12.6 Å². The molecule has 1 aromatic carbocycles. The van der Waals surface area contributed by atoms with E-state index in [2.05, 4.69) is 9.05 Å². The fraction of sp³-hybridized carbons (Fsp3) is 0.531. The zero-order valence-corrected chi connectivity index (χ0v) is 28.7. The Kier molecular flexibility index (Phi) is 15.9. The van der Waals surface area contributed by atoms with Gasteiger partial charge in [0.15, 0.2) is 5.78 Å². The zero-order valence-electron chi connectivity index (χ0n) is 26.9. The van der Waals surface area contributed by atoms with Gasteiger partial charge in [0.2, 0.25) is 0 Å². The largest absolute Gasteiger partial charge is 0.604 e. The van der Waals surface area contributed by atoms with Crippen LogP contribution in [0, 0.1) is 36.9 Å². The highest BCUT2D eigenvalue weighted by Gasteiger charge is 2.59. The van der Waals surface area contributed by atoms with Crippen LogP contribution < -0.4 is 0 Å². The number of terminal acetylenes is 2. The standard InChI is InChI=1S/C32H41NO13P2/c1-5-41-47(37,42-6-2)45-22-14-12-20-39-31(35)28-26-18-19-27(34)30(33(26)24-25-16-10-9-11-17-25)29(28)32(36)40-21-13-15-23-46-48(38,43-7-3)44-8-4/h1-2,9-11,16-19,26,28-30H,7-8,12-15,20-24H2,3-4H3/t26-,28?,29?,30+/m1/s1. The highest BCUT2D eigenvalue weighted by molar-refractivity contribution is 7.49. The van der Waals surface area contributed by atoms with E-state index in [1.165, 1.54) is 6.08 Å². The van der Waals surface area contributed by atoms with Crippen molar-refractivity contribution in [1.29, 1.82) is 0 Å². The number of ketones is 1. The molecular formula is C32H41NO13P2. The molecule has 262 valence electrons. The number of phosphoric acid groups is 2. The number of nitrogens with zero attached hydrogens (tertiary/aromatic N) is 1. The first-order chi connectivity index (χ1) is 23.1. The molecule has 0 radical (unpaired) electrons. The number of unbranched alkanes of at least 4 members (excludes halogenated alkanes) is 2. The van der Waals surface area contributed by atoms with Crippen LogP contribution in [0.1, 0.15) is 45.1 Å². The first-order valence-corrected chi connectivity index (χ1v) is 18.5. The van der Waals surface area contributed by atoms with Crippen molar-refractivity contribution in [1.82, 2.24) is 4.90 Å². The quantitative estimate of drug-likeness (QED) is 0.0699. The Morgan fingerprint density at radius 2 is 1.29 bits per heavy atom. The molecule has 48 heavy (non-hydrogen) atoms. The molecular weight excluding hydrogens is 668 g/mol. The summed E-state index contributed by atoms with van der Waals surface area (Å²) < 4.78 is 65.3. The molecule has 2 heterocycles. The molecule has 2 unspecified atom stereocenters. The van der Waals surface area contributed by atoms with Gasteiger partial charge in [-0.15, -0.1) is 0 Å². The number of hydrogen-bond donors (Lipinski definition) is 0. The number of carbonyl (C=O) groups excluding carboxylic acids is 3. The monoisotopic (exact) mass is 709 g/mol. The molecule has 1 aromatic rings. The summed E-state index contributed by atoms with van der Waals surface area (Å²) in [5, 5.41) is 0. The fourth-order valence-corrected chi connectivity index (χ4v) is 7.32. The van der Waals surface area contributed by atoms with Crippen molar-refractivity contribution in [3.05, 3.63) is 48.0 Å². The van der Waals surface area contributed by atoms with Gasteiger partial charge in [0.1, 0.15) is 12.2 Å². The van der Waals surface area contributed by atoms with Gasteiger partial charge in [-0.05, 0) is 51.2 Å². The first-order valence-electron chi connectivity index (χ1n) is 15.5. The fourth-order valence-electron chi connectivity index (χ4n) is 5.36. The molecule has 0 aromatic heterocycles. The first kappa shape index (κ1) is 39.0. The Hall–Kier alpha value is -3.45. The average molecular weight is 710 g/mol. The van der Waals surface area contributed by atoms with Crippen molar-refractivity contribution in [2.75, 3.05) is 39.6 Å². The summed E-state index contributed by atoms with van der Waals surface area (Å²) in [6, 6.07) is 7.84. The Morgan fingerprint density at radius 1 is 0.771 bits per heavy atom. The molecule has 4 atom stereocenters. The minimum atomic E-state index is -4.11. The second kappa shape index (κ2) is 19.5. The van der Waals surface area contributed by atoms with Crippen LogP contribution >= 0.6 is 15.6 Å². The van der Waals surface area contributed by atoms with Gasteiger partial charge in [-0.2, -0.15) is 0 Å². The van der Waals surface area contributed by atoms with E-state index < -0.39 is 51.5 Å². The molecule has 2 aliphatic heterocycles. The van der Waals surface area contributed by atoms with E-state index in [4.69, 9.17) is 40.4 Å². The lowest BCUT2D eigenvalue weighted by molar-refractivity contribution is -0.160. The Bertz CT molecular complexity index is 1410. The number of ether oxygens (including phenoxy) is 2. The van der Waals surface area contributed by atoms with Gasteiger partial charge >= 0.3 is 27.6 Å². The van der Waals surface area contributed by atoms with E-state index in [0.717, 1.165) is 5.56 Å². The molecule has 0 amide bonds. The van der Waals surface area contributed by atoms with E-state index >= 15 is 0 Å². The molecule has 0 saturated carbocycles. The predicted molar refractivity (Wildman–Crippen MR) is 171 cm³/mol. The van der Waals surface area contributed by atoms with E-state index in [9.17, 15) is 23.5 Å². The highest BCUT2D eigenvalue weighted by atomic mass is 31.2. The maximum Gasteiger partial charge on any atom is 0.604 e. The maximum atomic E-state index is 13.6. The van der Waals surface area contributed by atoms with Crippen LogP contribution in [0.25, 0.3) is 0 Å². The normalized spacial score (nSPS) is 20.5. The topological polar surface area (TPSA) is 162 Å². The Balaban J connectivity index is 1.63. The third-order valence-corrected chi connectivity index (χ3v) is 10.1. The molecule has 1 saturated heterocycles. The molecule has 14 nitrogen and oxygen atoms in total. The minimum Gasteiger partial charge on any atom is -0.465 e. The van der Waals surface area contributed by atoms with Gasteiger partial charge in [0.05, 0.1) is 57.5 Å². The number of esters is 2. The van der Waals surface area contributed by atoms with Gasteiger partial charge in [-0.1, -0.05) is 49.3 Å². The lowest BCUT2D eigenvalue weighted by atomic mass is 9.87. The number of phosphoric ester groups is 2. The number of rotatable bonds is 22. The molecule has 1 fully saturated rings. The molecule has 2 aliphatic rings. The molecule has 0 spiro atoms. The van der Waals surface area contributed by atoms with Crippen molar-refractivity contribution in [3.63, 3.8) is 0 Å². The van der Waals surface area contributed by atoms with Gasteiger partial charge in [-0.25, -0.2) is 9.13 Å². The van der Waals surface area contributed by atoms with Crippen molar-refractivity contribution >= 4 is 33.4 Å². The summed E-state index contributed by atoms with van der Waals surface area (Å²) in [6.45, 7) is 3.80. The summed E-state index contributed by atoms with van der Waals surface area (Å²) in [5.41, 5.74) is 0.896. The summed E-state index contributed by atoms with van der Waals surface area (Å²) in [7, 11) is -7.78. The third kappa shape index (κ3) is 11.0. The lowest BCUT2D eigenvalue weighted by Gasteiger charge is -2.31. The van der Waals surface area contributed by atoms with Crippen molar-refractivity contribution < 1.29 is 60.1 Å². The third-order valence-electron chi connectivity index (χ3n) is 7.30.